The minimum atomic E-state index is 0.970. The molecular formula is C18H17NO. The van der Waals surface area contributed by atoms with Crippen LogP contribution in [0.4, 0.5) is 5.69 Å². The summed E-state index contributed by atoms with van der Waals surface area (Å²) in [5.74, 6) is 0.970. The van der Waals surface area contributed by atoms with Crippen LogP contribution in [0.3, 0.4) is 0 Å². The van der Waals surface area contributed by atoms with Crippen molar-refractivity contribution in [2.24, 2.45) is 0 Å². The van der Waals surface area contributed by atoms with Crippen molar-refractivity contribution in [1.82, 2.24) is 0 Å². The van der Waals surface area contributed by atoms with E-state index in [9.17, 15) is 0 Å². The van der Waals surface area contributed by atoms with E-state index in [4.69, 9.17) is 4.74 Å². The van der Waals surface area contributed by atoms with Crippen LogP contribution in [0, 0.1) is 0 Å². The van der Waals surface area contributed by atoms with Gasteiger partial charge in [-0.05, 0) is 34.9 Å². The largest absolute Gasteiger partial charge is 0.496 e. The highest BCUT2D eigenvalue weighted by Gasteiger charge is 2.20. The summed E-state index contributed by atoms with van der Waals surface area (Å²) in [5.41, 5.74) is 2.75. The molecule has 3 aromatic carbocycles. The molecule has 0 spiro atoms. The van der Waals surface area contributed by atoms with Crippen LogP contribution in [0.1, 0.15) is 5.56 Å². The first kappa shape index (κ1) is 11.6. The van der Waals surface area contributed by atoms with E-state index in [0.29, 0.717) is 0 Å². The van der Waals surface area contributed by atoms with Crippen molar-refractivity contribution >= 4 is 27.2 Å². The van der Waals surface area contributed by atoms with Crippen molar-refractivity contribution in [2.75, 3.05) is 25.6 Å². The molecule has 0 fully saturated rings. The Kier molecular flexibility index (Phi) is 2.40. The lowest BCUT2D eigenvalue weighted by Crippen LogP contribution is -2.24. The first-order chi connectivity index (χ1) is 9.79. The first-order valence-corrected chi connectivity index (χ1v) is 7.02. The molecule has 0 N–H and O–H groups in total. The molecule has 2 heteroatoms. The van der Waals surface area contributed by atoms with E-state index in [2.05, 4.69) is 54.4 Å². The number of benzene rings is 3. The van der Waals surface area contributed by atoms with E-state index in [1.807, 2.05) is 0 Å². The molecule has 20 heavy (non-hydrogen) atoms. The normalized spacial score (nSPS) is 14.0. The molecule has 1 aliphatic rings. The molecule has 0 radical (unpaired) electrons. The molecule has 0 unspecified atom stereocenters. The number of fused-ring (bicyclic) bond motifs is 2. The van der Waals surface area contributed by atoms with Gasteiger partial charge in [0.1, 0.15) is 5.75 Å². The average Bonchev–Trinajstić information content (AvgIpc) is 2.50. The number of hydrogen-bond donors (Lipinski definition) is 0. The van der Waals surface area contributed by atoms with Crippen LogP contribution in [0.5, 0.6) is 5.75 Å². The molecule has 0 atom stereocenters. The summed E-state index contributed by atoms with van der Waals surface area (Å²) in [6, 6.07) is 15.2. The molecule has 0 aliphatic carbocycles. The van der Waals surface area contributed by atoms with Crippen LogP contribution in [0.2, 0.25) is 0 Å². The lowest BCUT2D eigenvalue weighted by molar-refractivity contribution is 0.420. The van der Waals surface area contributed by atoms with Gasteiger partial charge in [-0.1, -0.05) is 30.3 Å². The van der Waals surface area contributed by atoms with Crippen LogP contribution >= 0.6 is 0 Å². The van der Waals surface area contributed by atoms with Gasteiger partial charge in [0.25, 0.3) is 0 Å². The lowest BCUT2D eigenvalue weighted by Gasteiger charge is -2.29. The molecule has 0 saturated carbocycles. The Hall–Kier alpha value is -2.22. The second-order valence-electron chi connectivity index (χ2n) is 5.47. The van der Waals surface area contributed by atoms with Crippen molar-refractivity contribution in [3.8, 4) is 5.75 Å². The first-order valence-electron chi connectivity index (χ1n) is 7.02. The van der Waals surface area contributed by atoms with Gasteiger partial charge in [-0.3, -0.25) is 0 Å². The van der Waals surface area contributed by atoms with E-state index in [0.717, 1.165) is 18.7 Å². The van der Waals surface area contributed by atoms with Crippen molar-refractivity contribution in [2.45, 2.75) is 6.42 Å². The number of nitrogens with zero attached hydrogens (tertiary/aromatic N) is 1. The minimum absolute atomic E-state index is 0.970. The van der Waals surface area contributed by atoms with Crippen LogP contribution in [-0.4, -0.2) is 20.7 Å². The second kappa shape index (κ2) is 4.14. The number of rotatable bonds is 1. The van der Waals surface area contributed by atoms with E-state index in [-0.39, 0.29) is 0 Å². The Morgan fingerprint density at radius 3 is 2.75 bits per heavy atom. The number of hydrogen-bond acceptors (Lipinski definition) is 2. The number of anilines is 1. The average molecular weight is 263 g/mol. The Bertz CT molecular complexity index is 822. The second-order valence-corrected chi connectivity index (χ2v) is 5.47. The van der Waals surface area contributed by atoms with Gasteiger partial charge < -0.3 is 9.64 Å². The molecule has 2 nitrogen and oxygen atoms in total. The van der Waals surface area contributed by atoms with Crippen LogP contribution in [0.25, 0.3) is 21.5 Å². The summed E-state index contributed by atoms with van der Waals surface area (Å²) in [6.07, 6.45) is 1.10. The molecular weight excluding hydrogens is 246 g/mol. The van der Waals surface area contributed by atoms with Crippen LogP contribution < -0.4 is 9.64 Å². The third-order valence-corrected chi connectivity index (χ3v) is 4.38. The zero-order valence-corrected chi connectivity index (χ0v) is 11.8. The summed E-state index contributed by atoms with van der Waals surface area (Å²) in [4.78, 5) is 2.35. The highest BCUT2D eigenvalue weighted by atomic mass is 16.5. The van der Waals surface area contributed by atoms with Gasteiger partial charge in [0.05, 0.1) is 7.11 Å². The molecule has 0 aromatic heterocycles. The third-order valence-electron chi connectivity index (χ3n) is 4.38. The SMILES string of the molecule is COc1ccc2c3c(cc4ccccc4c13)N(C)CC2. The monoisotopic (exact) mass is 263 g/mol. The van der Waals surface area contributed by atoms with Gasteiger partial charge in [0.2, 0.25) is 0 Å². The van der Waals surface area contributed by atoms with Gasteiger partial charge in [-0.15, -0.1) is 0 Å². The summed E-state index contributed by atoms with van der Waals surface area (Å²) in [7, 11) is 3.93. The molecule has 0 bridgehead atoms. The zero-order chi connectivity index (χ0) is 13.7. The van der Waals surface area contributed by atoms with Gasteiger partial charge in [-0.25, -0.2) is 0 Å². The summed E-state index contributed by atoms with van der Waals surface area (Å²) in [5, 5.41) is 5.17. The van der Waals surface area contributed by atoms with Crippen molar-refractivity contribution in [3.63, 3.8) is 0 Å². The summed E-state index contributed by atoms with van der Waals surface area (Å²) >= 11 is 0. The van der Waals surface area contributed by atoms with Crippen molar-refractivity contribution in [3.05, 3.63) is 48.0 Å². The molecule has 1 aliphatic heterocycles. The van der Waals surface area contributed by atoms with E-state index in [1.165, 1.54) is 32.8 Å². The van der Waals surface area contributed by atoms with E-state index < -0.39 is 0 Å². The standard InChI is InChI=1S/C18H17NO/c1-19-10-9-12-7-8-16(20-2)18-14-6-4-3-5-13(14)11-15(19)17(12)18/h3-8,11H,9-10H2,1-2H3. The quantitative estimate of drug-likeness (QED) is 0.615. The fraction of sp³-hybridized carbons (Fsp3) is 0.222. The van der Waals surface area contributed by atoms with Crippen LogP contribution in [0.15, 0.2) is 42.5 Å². The smallest absolute Gasteiger partial charge is 0.127 e. The van der Waals surface area contributed by atoms with Gasteiger partial charge in [0, 0.05) is 30.1 Å². The number of likely N-dealkylation sites (N-methyl/N-ethyl adjacent to an activating group) is 1. The van der Waals surface area contributed by atoms with Gasteiger partial charge >= 0.3 is 0 Å². The Balaban J connectivity index is 2.29. The topological polar surface area (TPSA) is 12.5 Å². The highest BCUT2D eigenvalue weighted by molar-refractivity contribution is 6.17. The van der Waals surface area contributed by atoms with Crippen molar-refractivity contribution in [1.29, 1.82) is 0 Å². The Morgan fingerprint density at radius 1 is 1.05 bits per heavy atom. The van der Waals surface area contributed by atoms with Crippen LogP contribution in [-0.2, 0) is 6.42 Å². The molecule has 1 heterocycles. The van der Waals surface area contributed by atoms with Crippen molar-refractivity contribution < 1.29 is 4.74 Å². The minimum Gasteiger partial charge on any atom is -0.496 e. The number of ether oxygens (including phenoxy) is 1. The molecule has 0 saturated heterocycles. The fourth-order valence-electron chi connectivity index (χ4n) is 3.34. The molecule has 0 amide bonds. The summed E-state index contributed by atoms with van der Waals surface area (Å²) < 4.78 is 5.63. The third kappa shape index (κ3) is 1.45. The van der Waals surface area contributed by atoms with Gasteiger partial charge in [-0.2, -0.15) is 0 Å². The van der Waals surface area contributed by atoms with Gasteiger partial charge in [0.15, 0.2) is 0 Å². The molecule has 4 rings (SSSR count). The zero-order valence-electron chi connectivity index (χ0n) is 11.8. The van der Waals surface area contributed by atoms with E-state index >= 15 is 0 Å². The number of methoxy groups -OCH3 is 1. The predicted molar refractivity (Wildman–Crippen MR) is 85.0 cm³/mol. The highest BCUT2D eigenvalue weighted by Crippen LogP contribution is 2.42. The Morgan fingerprint density at radius 2 is 1.90 bits per heavy atom. The summed E-state index contributed by atoms with van der Waals surface area (Å²) in [6.45, 7) is 1.08. The maximum absolute atomic E-state index is 5.63. The maximum atomic E-state index is 5.63. The molecule has 100 valence electrons. The maximum Gasteiger partial charge on any atom is 0.127 e. The lowest BCUT2D eigenvalue weighted by atomic mass is 9.92. The predicted octanol–water partition coefficient (Wildman–Crippen LogP) is 3.99. The Labute approximate surface area is 118 Å². The fourth-order valence-corrected chi connectivity index (χ4v) is 3.34. The van der Waals surface area contributed by atoms with E-state index in [1.54, 1.807) is 7.11 Å². The molecule has 3 aromatic rings.